The Labute approximate surface area is 253 Å². The molecule has 2 saturated heterocycles. The van der Waals surface area contributed by atoms with Crippen LogP contribution in [0, 0.1) is 5.92 Å². The predicted molar refractivity (Wildman–Crippen MR) is 166 cm³/mol. The average Bonchev–Trinajstić information content (AvgIpc) is 3.66. The van der Waals surface area contributed by atoms with E-state index in [0.717, 1.165) is 41.2 Å². The maximum Gasteiger partial charge on any atom is 0.261 e. The van der Waals surface area contributed by atoms with E-state index in [1.165, 1.54) is 5.19 Å². The molecule has 2 amide bonds. The number of ether oxygens (including phenoxy) is 2. The second kappa shape index (κ2) is 11.5. The van der Waals surface area contributed by atoms with Gasteiger partial charge in [-0.05, 0) is 55.1 Å². The van der Waals surface area contributed by atoms with Crippen molar-refractivity contribution in [3.63, 3.8) is 0 Å². The number of hydrogen-bond donors (Lipinski definition) is 2. The van der Waals surface area contributed by atoms with Gasteiger partial charge < -0.3 is 24.8 Å². The number of nitrogens with zero attached hydrogens (tertiary/aromatic N) is 4. The molecule has 11 heteroatoms. The Morgan fingerprint density at radius 1 is 1.16 bits per heavy atom. The second-order valence-electron chi connectivity index (χ2n) is 12.6. The Bertz CT molecular complexity index is 1510. The normalized spacial score (nSPS) is 25.3. The summed E-state index contributed by atoms with van der Waals surface area (Å²) in [6.07, 6.45) is 5.17. The number of carbonyl (C=O) groups is 2. The molecule has 0 radical (unpaired) electrons. The number of piperidine rings is 1. The van der Waals surface area contributed by atoms with Gasteiger partial charge in [0.15, 0.2) is 5.60 Å². The van der Waals surface area contributed by atoms with E-state index < -0.39 is 13.7 Å². The average molecular weight is 604 g/mol. The molecule has 1 aromatic heterocycles. The molecule has 2 aromatic carbocycles. The molecule has 0 aliphatic carbocycles. The van der Waals surface area contributed by atoms with Crippen molar-refractivity contribution in [1.82, 2.24) is 15.0 Å². The van der Waals surface area contributed by atoms with Crippen molar-refractivity contribution in [2.45, 2.75) is 75.9 Å². The number of aryl methyl sites for hydroxylation is 1. The van der Waals surface area contributed by atoms with Crippen molar-refractivity contribution in [2.24, 2.45) is 5.92 Å². The summed E-state index contributed by atoms with van der Waals surface area (Å²) in [6, 6.07) is 14.2. The number of aromatic nitrogens is 3. The van der Waals surface area contributed by atoms with Crippen LogP contribution in [0.2, 0.25) is 18.6 Å². The summed E-state index contributed by atoms with van der Waals surface area (Å²) in [7, 11) is -0.590. The van der Waals surface area contributed by atoms with Crippen LogP contribution in [0.1, 0.15) is 43.9 Å². The SMILES string of the molecule is COc1ccc([Si](C)(C)[C@@H]2[C@@H](CCn3cc(CCO)nn3)O[C@]3(C(=O)Nc4ccc(N5CCCCC5=O)cc43)[C@H]2C)cc1. The van der Waals surface area contributed by atoms with Crippen LogP contribution in [-0.2, 0) is 32.9 Å². The number of hydrogen-bond acceptors (Lipinski definition) is 7. The number of nitrogens with one attached hydrogen (secondary N) is 1. The topological polar surface area (TPSA) is 119 Å². The number of anilines is 2. The van der Waals surface area contributed by atoms with Crippen molar-refractivity contribution >= 4 is 36.4 Å². The van der Waals surface area contributed by atoms with E-state index >= 15 is 0 Å². The van der Waals surface area contributed by atoms with Crippen molar-refractivity contribution in [2.75, 3.05) is 30.5 Å². The first-order chi connectivity index (χ1) is 20.7. The molecule has 3 aliphatic rings. The zero-order chi connectivity index (χ0) is 30.4. The minimum absolute atomic E-state index is 0.0216. The van der Waals surface area contributed by atoms with E-state index in [0.29, 0.717) is 32.4 Å². The standard InChI is InChI=1S/C32H41N5O5Si/c1-21-30(43(3,4)25-11-9-24(41-2)10-12-25)28(14-17-36-20-22(15-18-38)34-35-36)42-32(21)26-19-23(8-13-27(26)33-31(32)40)37-16-6-5-7-29(37)39/h8-13,19-21,28,30,38H,5-7,14-18H2,1-4H3,(H,33,40)/t21-,28+,30-,32+/m0/s1. The number of amides is 2. The van der Waals surface area contributed by atoms with Crippen LogP contribution in [-0.4, -0.2) is 66.4 Å². The lowest BCUT2D eigenvalue weighted by atomic mass is 9.82. The van der Waals surface area contributed by atoms with E-state index in [1.807, 2.05) is 41.4 Å². The molecular weight excluding hydrogens is 562 g/mol. The third-order valence-electron chi connectivity index (χ3n) is 9.81. The minimum Gasteiger partial charge on any atom is -0.497 e. The minimum atomic E-state index is -2.26. The van der Waals surface area contributed by atoms with Crippen LogP contribution in [0.5, 0.6) is 5.75 Å². The molecule has 0 bridgehead atoms. The van der Waals surface area contributed by atoms with Gasteiger partial charge in [0, 0.05) is 61.6 Å². The van der Waals surface area contributed by atoms with E-state index in [4.69, 9.17) is 9.47 Å². The number of rotatable bonds is 9. The monoisotopic (exact) mass is 603 g/mol. The van der Waals surface area contributed by atoms with Gasteiger partial charge in [0.05, 0.1) is 27.0 Å². The quantitative estimate of drug-likeness (QED) is 0.359. The lowest BCUT2D eigenvalue weighted by Gasteiger charge is -2.37. The molecule has 3 aliphatic heterocycles. The Morgan fingerprint density at radius 2 is 1.95 bits per heavy atom. The Hall–Kier alpha value is -3.54. The van der Waals surface area contributed by atoms with Gasteiger partial charge >= 0.3 is 0 Å². The Balaban J connectivity index is 1.39. The van der Waals surface area contributed by atoms with Crippen LogP contribution < -0.4 is 20.1 Å². The van der Waals surface area contributed by atoms with Gasteiger partial charge in [0.2, 0.25) is 5.91 Å². The molecule has 4 heterocycles. The van der Waals surface area contributed by atoms with Gasteiger partial charge in [-0.25, -0.2) is 0 Å². The molecule has 10 nitrogen and oxygen atoms in total. The highest BCUT2D eigenvalue weighted by molar-refractivity contribution is 6.91. The van der Waals surface area contributed by atoms with Gasteiger partial charge in [0.1, 0.15) is 5.75 Å². The van der Waals surface area contributed by atoms with Gasteiger partial charge in [-0.15, -0.1) is 5.10 Å². The maximum atomic E-state index is 14.0. The molecule has 6 rings (SSSR count). The van der Waals surface area contributed by atoms with Crippen molar-refractivity contribution in [1.29, 1.82) is 0 Å². The van der Waals surface area contributed by atoms with Crippen molar-refractivity contribution < 1.29 is 24.2 Å². The summed E-state index contributed by atoms with van der Waals surface area (Å²) < 4.78 is 14.3. The zero-order valence-corrected chi connectivity index (χ0v) is 26.4. The molecule has 0 unspecified atom stereocenters. The fourth-order valence-corrected chi connectivity index (χ4v) is 11.6. The van der Waals surface area contributed by atoms with Gasteiger partial charge in [-0.1, -0.05) is 42.6 Å². The summed E-state index contributed by atoms with van der Waals surface area (Å²) >= 11 is 0. The van der Waals surface area contributed by atoms with Crippen molar-refractivity contribution in [3.05, 3.63) is 59.9 Å². The van der Waals surface area contributed by atoms with E-state index in [2.05, 4.69) is 47.8 Å². The highest BCUT2D eigenvalue weighted by Gasteiger charge is 2.64. The number of carbonyl (C=O) groups excluding carboxylic acids is 2. The second-order valence-corrected chi connectivity index (χ2v) is 17.3. The largest absolute Gasteiger partial charge is 0.497 e. The smallest absolute Gasteiger partial charge is 0.261 e. The maximum absolute atomic E-state index is 14.0. The van der Waals surface area contributed by atoms with Crippen LogP contribution >= 0.6 is 0 Å². The molecule has 3 aromatic rings. The molecule has 43 heavy (non-hydrogen) atoms. The third-order valence-corrected chi connectivity index (χ3v) is 14.2. The van der Waals surface area contributed by atoms with E-state index in [1.54, 1.807) is 11.8 Å². The first-order valence-corrected chi connectivity index (χ1v) is 18.4. The van der Waals surface area contributed by atoms with Crippen LogP contribution in [0.25, 0.3) is 0 Å². The van der Waals surface area contributed by atoms with E-state index in [9.17, 15) is 14.7 Å². The number of benzene rings is 2. The summed E-state index contributed by atoms with van der Waals surface area (Å²) in [5.74, 6) is 0.659. The zero-order valence-electron chi connectivity index (χ0n) is 25.4. The van der Waals surface area contributed by atoms with Crippen molar-refractivity contribution in [3.8, 4) is 5.75 Å². The predicted octanol–water partition coefficient (Wildman–Crippen LogP) is 3.60. The van der Waals surface area contributed by atoms with Crippen LogP contribution in [0.15, 0.2) is 48.7 Å². The summed E-state index contributed by atoms with van der Waals surface area (Å²) in [4.78, 5) is 28.7. The fourth-order valence-electron chi connectivity index (χ4n) is 7.57. The fraction of sp³-hybridized carbons (Fsp3) is 0.500. The van der Waals surface area contributed by atoms with Crippen LogP contribution in [0.3, 0.4) is 0 Å². The Kier molecular flexibility index (Phi) is 7.91. The first kappa shape index (κ1) is 29.5. The molecule has 1 spiro atoms. The van der Waals surface area contributed by atoms with E-state index in [-0.39, 0.29) is 36.0 Å². The number of methoxy groups -OCH3 is 1. The van der Waals surface area contributed by atoms with Gasteiger partial charge in [-0.2, -0.15) is 0 Å². The lowest BCUT2D eigenvalue weighted by molar-refractivity contribution is -0.143. The van der Waals surface area contributed by atoms with Crippen LogP contribution in [0.4, 0.5) is 11.4 Å². The third kappa shape index (κ3) is 5.06. The summed E-state index contributed by atoms with van der Waals surface area (Å²) in [6.45, 7) is 8.15. The number of aliphatic hydroxyl groups is 1. The first-order valence-electron chi connectivity index (χ1n) is 15.3. The summed E-state index contributed by atoms with van der Waals surface area (Å²) in [5, 5.41) is 22.2. The highest BCUT2D eigenvalue weighted by Crippen LogP contribution is 2.59. The lowest BCUT2D eigenvalue weighted by Crippen LogP contribution is -2.51. The molecular formula is C32H41N5O5Si. The molecule has 2 fully saturated rings. The summed E-state index contributed by atoms with van der Waals surface area (Å²) in [5.41, 5.74) is 2.06. The van der Waals surface area contributed by atoms with Gasteiger partial charge in [-0.3, -0.25) is 14.3 Å². The number of fused-ring (bicyclic) bond motifs is 2. The molecule has 2 N–H and O–H groups in total. The van der Waals surface area contributed by atoms with Gasteiger partial charge in [0.25, 0.3) is 5.91 Å². The Morgan fingerprint density at radius 3 is 2.67 bits per heavy atom. The molecule has 0 saturated carbocycles. The molecule has 228 valence electrons. The molecule has 4 atom stereocenters. The number of aliphatic hydroxyl groups excluding tert-OH is 1. The highest BCUT2D eigenvalue weighted by atomic mass is 28.3.